The Balaban J connectivity index is 1.39. The summed E-state index contributed by atoms with van der Waals surface area (Å²) in [6.07, 6.45) is 4.12. The van der Waals surface area contributed by atoms with E-state index in [1.807, 2.05) is 4.90 Å². The van der Waals surface area contributed by atoms with Crippen LogP contribution in [-0.2, 0) is 9.59 Å². The van der Waals surface area contributed by atoms with Crippen molar-refractivity contribution in [3.8, 4) is 5.75 Å². The number of hydrogen-bond donors (Lipinski definition) is 2. The van der Waals surface area contributed by atoms with Crippen LogP contribution in [0.3, 0.4) is 0 Å². The number of nitrogens with two attached hydrogens (primary N) is 1. The van der Waals surface area contributed by atoms with Crippen LogP contribution in [-0.4, -0.2) is 47.9 Å². The van der Waals surface area contributed by atoms with Gasteiger partial charge in [-0.05, 0) is 56.7 Å². The van der Waals surface area contributed by atoms with E-state index in [1.54, 1.807) is 18.2 Å². The molecule has 1 saturated heterocycles. The highest BCUT2D eigenvalue weighted by atomic mass is 35.5. The van der Waals surface area contributed by atoms with Crippen molar-refractivity contribution in [3.63, 3.8) is 0 Å². The fourth-order valence-electron chi connectivity index (χ4n) is 4.69. The lowest BCUT2D eigenvalue weighted by atomic mass is 9.77. The van der Waals surface area contributed by atoms with Gasteiger partial charge in [-0.1, -0.05) is 11.6 Å². The van der Waals surface area contributed by atoms with Crippen molar-refractivity contribution < 1.29 is 19.1 Å². The summed E-state index contributed by atoms with van der Waals surface area (Å²) in [4.78, 5) is 38.5. The molecule has 2 fully saturated rings. The van der Waals surface area contributed by atoms with Crippen LogP contribution in [0.4, 0.5) is 0 Å². The Kier molecular flexibility index (Phi) is 5.42. The Morgan fingerprint density at radius 2 is 1.83 bits per heavy atom. The quantitative estimate of drug-likeness (QED) is 0.766. The normalized spacial score (nSPS) is 27.6. The minimum absolute atomic E-state index is 0.0435. The van der Waals surface area contributed by atoms with Gasteiger partial charge < -0.3 is 20.7 Å². The van der Waals surface area contributed by atoms with Gasteiger partial charge in [-0.3, -0.25) is 14.4 Å². The number of hydrogen-bond acceptors (Lipinski definition) is 4. The van der Waals surface area contributed by atoms with Gasteiger partial charge in [-0.25, -0.2) is 0 Å². The lowest BCUT2D eigenvalue weighted by Crippen LogP contribution is -2.50. The van der Waals surface area contributed by atoms with Gasteiger partial charge in [0.2, 0.25) is 11.8 Å². The Labute approximate surface area is 174 Å². The summed E-state index contributed by atoms with van der Waals surface area (Å²) in [6, 6.07) is 5.08. The Bertz CT molecular complexity index is 827. The predicted molar refractivity (Wildman–Crippen MR) is 108 cm³/mol. The Morgan fingerprint density at radius 3 is 2.48 bits per heavy atom. The molecule has 2 aliphatic heterocycles. The molecule has 0 bridgehead atoms. The van der Waals surface area contributed by atoms with Crippen LogP contribution in [0.25, 0.3) is 0 Å². The highest BCUT2D eigenvalue weighted by molar-refractivity contribution is 6.31. The van der Waals surface area contributed by atoms with E-state index in [2.05, 4.69) is 5.32 Å². The molecule has 29 heavy (non-hydrogen) atoms. The highest BCUT2D eigenvalue weighted by Crippen LogP contribution is 2.39. The summed E-state index contributed by atoms with van der Waals surface area (Å²) in [7, 11) is 0. The van der Waals surface area contributed by atoms with Gasteiger partial charge in [0.1, 0.15) is 11.4 Å². The lowest BCUT2D eigenvalue weighted by molar-refractivity contribution is -0.141. The van der Waals surface area contributed by atoms with Crippen molar-refractivity contribution in [1.29, 1.82) is 0 Å². The third kappa shape index (κ3) is 4.06. The fraction of sp³-hybridized carbons (Fsp3) is 0.571. The van der Waals surface area contributed by atoms with Gasteiger partial charge in [0.15, 0.2) is 0 Å². The largest absolute Gasteiger partial charge is 0.485 e. The zero-order valence-corrected chi connectivity index (χ0v) is 17.0. The van der Waals surface area contributed by atoms with Crippen molar-refractivity contribution >= 4 is 29.3 Å². The molecule has 2 heterocycles. The number of ether oxygens (including phenoxy) is 1. The lowest BCUT2D eigenvalue weighted by Gasteiger charge is -2.41. The van der Waals surface area contributed by atoms with Crippen LogP contribution >= 0.6 is 11.6 Å². The molecular formula is C21H26ClN3O4. The highest BCUT2D eigenvalue weighted by Gasteiger charge is 2.43. The van der Waals surface area contributed by atoms with Crippen molar-refractivity contribution in [2.75, 3.05) is 19.6 Å². The number of rotatable bonds is 2. The number of carbonyl (C=O) groups is 3. The predicted octanol–water partition coefficient (Wildman–Crippen LogP) is 2.12. The van der Waals surface area contributed by atoms with Gasteiger partial charge >= 0.3 is 0 Å². The molecule has 1 spiro atoms. The average molecular weight is 420 g/mol. The molecule has 7 nitrogen and oxygen atoms in total. The van der Waals surface area contributed by atoms with Crippen LogP contribution in [0.5, 0.6) is 5.75 Å². The van der Waals surface area contributed by atoms with Gasteiger partial charge in [0.05, 0.1) is 12.1 Å². The first-order chi connectivity index (χ1) is 13.9. The molecule has 3 N–H and O–H groups in total. The summed E-state index contributed by atoms with van der Waals surface area (Å²) in [5, 5.41) is 3.44. The summed E-state index contributed by atoms with van der Waals surface area (Å²) in [5.41, 5.74) is 5.34. The van der Waals surface area contributed by atoms with E-state index in [0.717, 1.165) is 0 Å². The van der Waals surface area contributed by atoms with E-state index in [4.69, 9.17) is 22.1 Å². The number of fused-ring (bicyclic) bond motifs is 1. The van der Waals surface area contributed by atoms with Crippen LogP contribution < -0.4 is 15.8 Å². The second kappa shape index (κ2) is 7.86. The SMILES string of the molecule is NC(=O)C1CCN(C(=O)C2CCC3(CC2)CNC(=O)c2cc(Cl)ccc2O3)CC1. The molecule has 3 aliphatic rings. The molecule has 0 aromatic heterocycles. The first-order valence-electron chi connectivity index (χ1n) is 10.2. The number of piperidine rings is 1. The third-order valence-corrected chi connectivity index (χ3v) is 6.77. The summed E-state index contributed by atoms with van der Waals surface area (Å²) in [6.45, 7) is 1.60. The topological polar surface area (TPSA) is 102 Å². The first kappa shape index (κ1) is 20.0. The molecular weight excluding hydrogens is 394 g/mol. The van der Waals surface area contributed by atoms with Gasteiger partial charge in [0.25, 0.3) is 5.91 Å². The number of likely N-dealkylation sites (tertiary alicyclic amines) is 1. The maximum atomic E-state index is 12.9. The molecule has 1 saturated carbocycles. The number of benzene rings is 1. The van der Waals surface area contributed by atoms with Crippen molar-refractivity contribution in [3.05, 3.63) is 28.8 Å². The third-order valence-electron chi connectivity index (χ3n) is 6.54. The van der Waals surface area contributed by atoms with Gasteiger partial charge in [-0.2, -0.15) is 0 Å². The van der Waals surface area contributed by atoms with Crippen molar-refractivity contribution in [1.82, 2.24) is 10.2 Å². The number of primary amides is 1. The maximum Gasteiger partial charge on any atom is 0.255 e. The molecule has 1 aliphatic carbocycles. The first-order valence-corrected chi connectivity index (χ1v) is 10.6. The summed E-state index contributed by atoms with van der Waals surface area (Å²) >= 11 is 6.02. The van der Waals surface area contributed by atoms with Gasteiger partial charge in [-0.15, -0.1) is 0 Å². The maximum absolute atomic E-state index is 12.9. The molecule has 3 amide bonds. The van der Waals surface area contributed by atoms with E-state index >= 15 is 0 Å². The number of halogens is 1. The average Bonchev–Trinajstić information content (AvgIpc) is 2.85. The van der Waals surface area contributed by atoms with Crippen molar-refractivity contribution in [2.45, 2.75) is 44.1 Å². The van der Waals surface area contributed by atoms with Crippen molar-refractivity contribution in [2.24, 2.45) is 17.6 Å². The minimum atomic E-state index is -0.496. The second-order valence-electron chi connectivity index (χ2n) is 8.38. The molecule has 1 aromatic carbocycles. The van der Waals surface area contributed by atoms with Crippen LogP contribution in [0.15, 0.2) is 18.2 Å². The molecule has 0 radical (unpaired) electrons. The monoisotopic (exact) mass is 419 g/mol. The molecule has 0 unspecified atom stereocenters. The molecule has 1 aromatic rings. The second-order valence-corrected chi connectivity index (χ2v) is 8.82. The zero-order valence-electron chi connectivity index (χ0n) is 16.3. The van der Waals surface area contributed by atoms with Gasteiger partial charge in [0, 0.05) is 29.9 Å². The van der Waals surface area contributed by atoms with E-state index in [0.29, 0.717) is 74.5 Å². The van der Waals surface area contributed by atoms with E-state index in [9.17, 15) is 14.4 Å². The Morgan fingerprint density at radius 1 is 1.14 bits per heavy atom. The smallest absolute Gasteiger partial charge is 0.255 e. The minimum Gasteiger partial charge on any atom is -0.485 e. The number of carbonyl (C=O) groups excluding carboxylic acids is 3. The Hall–Kier alpha value is -2.28. The number of amides is 3. The molecule has 4 rings (SSSR count). The van der Waals surface area contributed by atoms with E-state index < -0.39 is 5.60 Å². The number of nitrogens with one attached hydrogen (secondary N) is 1. The van der Waals surface area contributed by atoms with Crippen LogP contribution in [0, 0.1) is 11.8 Å². The molecule has 0 atom stereocenters. The van der Waals surface area contributed by atoms with Crippen LogP contribution in [0.2, 0.25) is 5.02 Å². The zero-order chi connectivity index (χ0) is 20.6. The molecule has 8 heteroatoms. The standard InChI is InChI=1S/C21H26ClN3O4/c22-15-1-2-17-16(11-15)19(27)24-12-21(29-17)7-3-14(4-8-21)20(28)25-9-5-13(6-10-25)18(23)26/h1-2,11,13-14H,3-10,12H2,(H2,23,26)(H,24,27). The summed E-state index contributed by atoms with van der Waals surface area (Å²) in [5.74, 6) is 0.0827. The summed E-state index contributed by atoms with van der Waals surface area (Å²) < 4.78 is 6.31. The fourth-order valence-corrected chi connectivity index (χ4v) is 4.86. The van der Waals surface area contributed by atoms with Crippen LogP contribution in [0.1, 0.15) is 48.9 Å². The number of nitrogens with zero attached hydrogens (tertiary/aromatic N) is 1. The van der Waals surface area contributed by atoms with E-state index in [1.165, 1.54) is 0 Å². The van der Waals surface area contributed by atoms with E-state index in [-0.39, 0.29) is 29.6 Å². The molecule has 156 valence electrons.